The third-order valence-corrected chi connectivity index (χ3v) is 4.32. The molecule has 0 atom stereocenters. The smallest absolute Gasteiger partial charge is 0.232 e. The number of hydrogen-bond acceptors (Lipinski definition) is 2. The normalized spacial score (nSPS) is 16.6. The van der Waals surface area contributed by atoms with Crippen LogP contribution in [0.2, 0.25) is 0 Å². The van der Waals surface area contributed by atoms with E-state index in [1.807, 2.05) is 0 Å². The Bertz CT molecular complexity index is 480. The van der Waals surface area contributed by atoms with Crippen LogP contribution < -0.4 is 4.31 Å². The molecular formula is C12H16FNO2S. The molecule has 0 aliphatic heterocycles. The van der Waals surface area contributed by atoms with Gasteiger partial charge in [-0.05, 0) is 43.0 Å². The average Bonchev–Trinajstić information content (AvgIpc) is 2.16. The Balaban J connectivity index is 2.23. The minimum atomic E-state index is -3.29. The first-order valence-electron chi connectivity index (χ1n) is 5.70. The topological polar surface area (TPSA) is 37.4 Å². The lowest BCUT2D eigenvalue weighted by atomic mass is 9.85. The highest BCUT2D eigenvalue weighted by molar-refractivity contribution is 7.92. The summed E-state index contributed by atoms with van der Waals surface area (Å²) >= 11 is 0. The van der Waals surface area contributed by atoms with Gasteiger partial charge in [0, 0.05) is 6.54 Å². The predicted octanol–water partition coefficient (Wildman–Crippen LogP) is 2.39. The molecule has 94 valence electrons. The number of benzene rings is 1. The number of rotatable bonds is 4. The van der Waals surface area contributed by atoms with Gasteiger partial charge in [0.2, 0.25) is 10.0 Å². The lowest BCUT2D eigenvalue weighted by molar-refractivity contribution is 0.326. The summed E-state index contributed by atoms with van der Waals surface area (Å²) in [6, 6.07) is 5.59. The molecule has 0 unspecified atom stereocenters. The number of anilines is 1. The van der Waals surface area contributed by atoms with Crippen molar-refractivity contribution >= 4 is 15.7 Å². The molecule has 0 heterocycles. The first-order chi connectivity index (χ1) is 7.97. The first-order valence-corrected chi connectivity index (χ1v) is 7.55. The third kappa shape index (κ3) is 2.97. The molecule has 1 fully saturated rings. The summed E-state index contributed by atoms with van der Waals surface area (Å²) < 4.78 is 37.6. The quantitative estimate of drug-likeness (QED) is 0.830. The van der Waals surface area contributed by atoms with Crippen molar-refractivity contribution in [3.63, 3.8) is 0 Å². The van der Waals surface area contributed by atoms with Crippen molar-refractivity contribution in [3.8, 4) is 0 Å². The summed E-state index contributed by atoms with van der Waals surface area (Å²) in [4.78, 5) is 0. The predicted molar refractivity (Wildman–Crippen MR) is 65.9 cm³/mol. The second-order valence-electron chi connectivity index (χ2n) is 4.57. The zero-order valence-corrected chi connectivity index (χ0v) is 10.6. The van der Waals surface area contributed by atoms with Gasteiger partial charge < -0.3 is 0 Å². The average molecular weight is 257 g/mol. The fourth-order valence-electron chi connectivity index (χ4n) is 1.95. The van der Waals surface area contributed by atoms with Gasteiger partial charge in [-0.3, -0.25) is 4.31 Å². The van der Waals surface area contributed by atoms with Gasteiger partial charge in [-0.1, -0.05) is 6.42 Å². The molecule has 1 saturated carbocycles. The van der Waals surface area contributed by atoms with Crippen molar-refractivity contribution < 1.29 is 12.8 Å². The van der Waals surface area contributed by atoms with Crippen LogP contribution in [0.5, 0.6) is 0 Å². The van der Waals surface area contributed by atoms with E-state index in [1.165, 1.54) is 41.2 Å². The number of sulfonamides is 1. The van der Waals surface area contributed by atoms with E-state index < -0.39 is 10.0 Å². The van der Waals surface area contributed by atoms with Crippen LogP contribution >= 0.6 is 0 Å². The van der Waals surface area contributed by atoms with Gasteiger partial charge in [-0.25, -0.2) is 12.8 Å². The Kier molecular flexibility index (Phi) is 3.38. The largest absolute Gasteiger partial charge is 0.270 e. The number of halogens is 1. The van der Waals surface area contributed by atoms with Crippen LogP contribution in [-0.2, 0) is 10.0 Å². The lowest BCUT2D eigenvalue weighted by Crippen LogP contribution is -2.36. The minimum absolute atomic E-state index is 0.356. The molecule has 1 aliphatic rings. The molecular weight excluding hydrogens is 241 g/mol. The van der Waals surface area contributed by atoms with Crippen LogP contribution in [0, 0.1) is 11.7 Å². The summed E-state index contributed by atoms with van der Waals surface area (Å²) in [5.74, 6) is 0.0839. The second-order valence-corrected chi connectivity index (χ2v) is 6.47. The van der Waals surface area contributed by atoms with Gasteiger partial charge in [-0.15, -0.1) is 0 Å². The second kappa shape index (κ2) is 4.64. The molecule has 0 amide bonds. The standard InChI is InChI=1S/C12H16FNO2S/c1-17(15,16)14(9-10-3-2-4-10)12-7-5-11(13)6-8-12/h5-8,10H,2-4,9H2,1H3. The molecule has 1 aromatic rings. The molecule has 0 bridgehead atoms. The highest BCUT2D eigenvalue weighted by atomic mass is 32.2. The fraction of sp³-hybridized carbons (Fsp3) is 0.500. The Morgan fingerprint density at radius 1 is 1.29 bits per heavy atom. The van der Waals surface area contributed by atoms with Gasteiger partial charge in [-0.2, -0.15) is 0 Å². The molecule has 0 saturated heterocycles. The third-order valence-electron chi connectivity index (χ3n) is 3.16. The number of nitrogens with zero attached hydrogens (tertiary/aromatic N) is 1. The van der Waals surface area contributed by atoms with Crippen molar-refractivity contribution in [1.29, 1.82) is 0 Å². The fourth-order valence-corrected chi connectivity index (χ4v) is 2.94. The van der Waals surface area contributed by atoms with Crippen molar-refractivity contribution in [2.75, 3.05) is 17.1 Å². The maximum atomic E-state index is 12.8. The zero-order chi connectivity index (χ0) is 12.5. The molecule has 0 N–H and O–H groups in total. The van der Waals surface area contributed by atoms with E-state index in [0.717, 1.165) is 12.8 Å². The van der Waals surface area contributed by atoms with Crippen LogP contribution in [0.25, 0.3) is 0 Å². The molecule has 0 aromatic heterocycles. The van der Waals surface area contributed by atoms with E-state index in [4.69, 9.17) is 0 Å². The van der Waals surface area contributed by atoms with Crippen molar-refractivity contribution in [2.45, 2.75) is 19.3 Å². The Morgan fingerprint density at radius 2 is 1.88 bits per heavy atom. The van der Waals surface area contributed by atoms with Gasteiger partial charge in [0.1, 0.15) is 5.82 Å². The van der Waals surface area contributed by atoms with E-state index >= 15 is 0 Å². The van der Waals surface area contributed by atoms with Gasteiger partial charge in [0.15, 0.2) is 0 Å². The van der Waals surface area contributed by atoms with E-state index in [1.54, 1.807) is 0 Å². The van der Waals surface area contributed by atoms with E-state index in [0.29, 0.717) is 18.2 Å². The Hall–Kier alpha value is -1.10. The van der Waals surface area contributed by atoms with Gasteiger partial charge in [0.05, 0.1) is 11.9 Å². The summed E-state index contributed by atoms with van der Waals surface area (Å²) in [6.45, 7) is 0.504. The van der Waals surface area contributed by atoms with Gasteiger partial charge >= 0.3 is 0 Å². The van der Waals surface area contributed by atoms with E-state index in [-0.39, 0.29) is 5.82 Å². The van der Waals surface area contributed by atoms with Crippen molar-refractivity contribution in [1.82, 2.24) is 0 Å². The number of hydrogen-bond donors (Lipinski definition) is 0. The highest BCUT2D eigenvalue weighted by Gasteiger charge is 2.25. The Labute approximate surface area is 101 Å². The van der Waals surface area contributed by atoms with Crippen molar-refractivity contribution in [2.24, 2.45) is 5.92 Å². The van der Waals surface area contributed by atoms with Crippen molar-refractivity contribution in [3.05, 3.63) is 30.1 Å². The van der Waals surface area contributed by atoms with Gasteiger partial charge in [0.25, 0.3) is 0 Å². The summed E-state index contributed by atoms with van der Waals surface area (Å²) in [5, 5.41) is 0. The lowest BCUT2D eigenvalue weighted by Gasteiger charge is -2.32. The van der Waals surface area contributed by atoms with Crippen LogP contribution in [0.3, 0.4) is 0 Å². The molecule has 1 aliphatic carbocycles. The van der Waals surface area contributed by atoms with E-state index in [9.17, 15) is 12.8 Å². The molecule has 2 rings (SSSR count). The molecule has 17 heavy (non-hydrogen) atoms. The summed E-state index contributed by atoms with van der Waals surface area (Å²) in [5.41, 5.74) is 0.542. The van der Waals surface area contributed by atoms with Crippen LogP contribution in [-0.4, -0.2) is 21.2 Å². The molecule has 0 radical (unpaired) electrons. The molecule has 0 spiro atoms. The SMILES string of the molecule is CS(=O)(=O)N(CC1CCC1)c1ccc(F)cc1. The first kappa shape index (κ1) is 12.4. The molecule has 1 aromatic carbocycles. The molecule has 5 heteroatoms. The Morgan fingerprint density at radius 3 is 2.29 bits per heavy atom. The maximum absolute atomic E-state index is 12.8. The summed E-state index contributed by atoms with van der Waals surface area (Å²) in [7, 11) is -3.29. The molecule has 3 nitrogen and oxygen atoms in total. The van der Waals surface area contributed by atoms with Crippen LogP contribution in [0.4, 0.5) is 10.1 Å². The zero-order valence-electron chi connectivity index (χ0n) is 9.77. The maximum Gasteiger partial charge on any atom is 0.232 e. The highest BCUT2D eigenvalue weighted by Crippen LogP contribution is 2.30. The van der Waals surface area contributed by atoms with Crippen LogP contribution in [0.15, 0.2) is 24.3 Å². The van der Waals surface area contributed by atoms with E-state index in [2.05, 4.69) is 0 Å². The van der Waals surface area contributed by atoms with Crippen LogP contribution in [0.1, 0.15) is 19.3 Å². The summed E-state index contributed by atoms with van der Waals surface area (Å²) in [6.07, 6.45) is 4.52. The monoisotopic (exact) mass is 257 g/mol. The minimum Gasteiger partial charge on any atom is -0.270 e.